The molecule has 3 rings (SSSR count). The third-order valence-corrected chi connectivity index (χ3v) is 6.19. The van der Waals surface area contributed by atoms with Crippen LogP contribution in [0.2, 0.25) is 0 Å². The van der Waals surface area contributed by atoms with Crippen molar-refractivity contribution in [2.24, 2.45) is 0 Å². The number of likely N-dealkylation sites (N-methyl/N-ethyl adjacent to an activating group) is 1. The Labute approximate surface area is 203 Å². The smallest absolute Gasteiger partial charge is 0.410 e. The first-order valence-corrected chi connectivity index (χ1v) is 12.3. The van der Waals surface area contributed by atoms with Crippen molar-refractivity contribution in [1.82, 2.24) is 24.9 Å². The van der Waals surface area contributed by atoms with Gasteiger partial charge in [-0.25, -0.2) is 9.48 Å². The highest BCUT2D eigenvalue weighted by molar-refractivity contribution is 5.95. The summed E-state index contributed by atoms with van der Waals surface area (Å²) in [6.07, 6.45) is 2.89. The molecule has 8 nitrogen and oxygen atoms in total. The number of piperidine rings is 1. The Balaban J connectivity index is 1.78. The summed E-state index contributed by atoms with van der Waals surface area (Å²) in [6, 6.07) is 9.89. The van der Waals surface area contributed by atoms with Crippen LogP contribution < -0.4 is 5.32 Å². The standard InChI is InChI=1S/C26H39N5O3/c1-6-29(7-2)18-15-27-24(32)22-19-28-31(21-11-9-8-10-12-21)23(22)20-13-16-30(17-14-20)25(33)34-26(3,4)5/h8-12,19-20H,6-7,13-18H2,1-5H3,(H,27,32). The number of likely N-dealkylation sites (tertiary alicyclic amines) is 1. The number of carbonyl (C=O) groups excluding carboxylic acids is 2. The summed E-state index contributed by atoms with van der Waals surface area (Å²) < 4.78 is 7.42. The fourth-order valence-electron chi connectivity index (χ4n) is 4.33. The van der Waals surface area contributed by atoms with Crippen molar-refractivity contribution in [3.8, 4) is 5.69 Å². The van der Waals surface area contributed by atoms with Gasteiger partial charge >= 0.3 is 6.09 Å². The second-order valence-electron chi connectivity index (χ2n) is 9.72. The molecule has 1 aromatic heterocycles. The Bertz CT molecular complexity index is 939. The molecule has 0 atom stereocenters. The van der Waals surface area contributed by atoms with E-state index in [9.17, 15) is 9.59 Å². The second-order valence-corrected chi connectivity index (χ2v) is 9.72. The molecule has 0 saturated carbocycles. The Hall–Kier alpha value is -2.87. The summed E-state index contributed by atoms with van der Waals surface area (Å²) in [5.74, 6) is 0.0174. The number of rotatable bonds is 8. The van der Waals surface area contributed by atoms with Crippen LogP contribution in [0.15, 0.2) is 36.5 Å². The van der Waals surface area contributed by atoms with Gasteiger partial charge in [0.1, 0.15) is 5.60 Å². The number of amides is 2. The van der Waals surface area contributed by atoms with E-state index in [0.29, 0.717) is 25.2 Å². The van der Waals surface area contributed by atoms with E-state index >= 15 is 0 Å². The zero-order valence-electron chi connectivity index (χ0n) is 21.2. The minimum absolute atomic E-state index is 0.0982. The fourth-order valence-corrected chi connectivity index (χ4v) is 4.33. The molecule has 0 radical (unpaired) electrons. The van der Waals surface area contributed by atoms with Crippen molar-refractivity contribution in [2.75, 3.05) is 39.3 Å². The molecule has 34 heavy (non-hydrogen) atoms. The van der Waals surface area contributed by atoms with Crippen LogP contribution in [0.25, 0.3) is 5.69 Å². The number of benzene rings is 1. The Morgan fingerprint density at radius 1 is 1.12 bits per heavy atom. The molecule has 0 unspecified atom stereocenters. The largest absolute Gasteiger partial charge is 0.444 e. The van der Waals surface area contributed by atoms with Gasteiger partial charge in [-0.1, -0.05) is 32.0 Å². The van der Waals surface area contributed by atoms with E-state index in [1.54, 1.807) is 11.1 Å². The Morgan fingerprint density at radius 3 is 2.35 bits per heavy atom. The molecule has 1 aliphatic heterocycles. The van der Waals surface area contributed by atoms with Crippen LogP contribution in [0, 0.1) is 0 Å². The van der Waals surface area contributed by atoms with Gasteiger partial charge in [0.2, 0.25) is 0 Å². The number of carbonyl (C=O) groups is 2. The number of aromatic nitrogens is 2. The second kappa shape index (κ2) is 11.5. The number of nitrogens with zero attached hydrogens (tertiary/aromatic N) is 4. The van der Waals surface area contributed by atoms with E-state index in [4.69, 9.17) is 4.74 Å². The molecule has 8 heteroatoms. The summed E-state index contributed by atoms with van der Waals surface area (Å²) in [5, 5.41) is 7.68. The van der Waals surface area contributed by atoms with Gasteiger partial charge in [0.25, 0.3) is 5.91 Å². The third kappa shape index (κ3) is 6.59. The Morgan fingerprint density at radius 2 is 1.76 bits per heavy atom. The highest BCUT2D eigenvalue weighted by Gasteiger charge is 2.32. The highest BCUT2D eigenvalue weighted by Crippen LogP contribution is 2.32. The average molecular weight is 470 g/mol. The van der Waals surface area contributed by atoms with E-state index in [-0.39, 0.29) is 17.9 Å². The van der Waals surface area contributed by atoms with Crippen LogP contribution in [0.5, 0.6) is 0 Å². The van der Waals surface area contributed by atoms with Crippen LogP contribution in [0.1, 0.15) is 69.4 Å². The van der Waals surface area contributed by atoms with Crippen LogP contribution in [-0.4, -0.2) is 76.5 Å². The Kier molecular flexibility index (Phi) is 8.72. The first kappa shape index (κ1) is 25.7. The molecule has 0 aliphatic carbocycles. The summed E-state index contributed by atoms with van der Waals surface area (Å²) in [7, 11) is 0. The molecule has 0 bridgehead atoms. The quantitative estimate of drug-likeness (QED) is 0.631. The highest BCUT2D eigenvalue weighted by atomic mass is 16.6. The van der Waals surface area contributed by atoms with Crippen LogP contribution in [-0.2, 0) is 4.74 Å². The van der Waals surface area contributed by atoms with Crippen molar-refractivity contribution in [3.63, 3.8) is 0 Å². The molecule has 2 aromatic rings. The number of nitrogens with one attached hydrogen (secondary N) is 1. The van der Waals surface area contributed by atoms with Gasteiger partial charge in [-0.3, -0.25) is 4.79 Å². The van der Waals surface area contributed by atoms with E-state index in [1.165, 1.54) is 0 Å². The van der Waals surface area contributed by atoms with E-state index < -0.39 is 5.60 Å². The molecule has 1 saturated heterocycles. The van der Waals surface area contributed by atoms with Gasteiger partial charge in [0, 0.05) is 32.1 Å². The normalized spacial score (nSPS) is 14.9. The first-order chi connectivity index (χ1) is 16.2. The summed E-state index contributed by atoms with van der Waals surface area (Å²) in [4.78, 5) is 29.7. The molecule has 2 heterocycles. The maximum absolute atomic E-state index is 13.2. The third-order valence-electron chi connectivity index (χ3n) is 6.19. The number of hydrogen-bond acceptors (Lipinski definition) is 5. The lowest BCUT2D eigenvalue weighted by atomic mass is 9.91. The van der Waals surface area contributed by atoms with Crippen molar-refractivity contribution in [3.05, 3.63) is 47.8 Å². The lowest BCUT2D eigenvalue weighted by Gasteiger charge is -2.34. The predicted octanol–water partition coefficient (Wildman–Crippen LogP) is 4.06. The molecule has 1 aliphatic rings. The zero-order valence-corrected chi connectivity index (χ0v) is 21.2. The van der Waals surface area contributed by atoms with Gasteiger partial charge < -0.3 is 19.9 Å². The minimum Gasteiger partial charge on any atom is -0.444 e. The van der Waals surface area contributed by atoms with Crippen molar-refractivity contribution in [1.29, 1.82) is 0 Å². The van der Waals surface area contributed by atoms with Gasteiger partial charge in [-0.2, -0.15) is 5.10 Å². The summed E-state index contributed by atoms with van der Waals surface area (Å²) in [5.41, 5.74) is 1.93. The number of para-hydroxylation sites is 1. The van der Waals surface area contributed by atoms with Crippen LogP contribution in [0.4, 0.5) is 4.79 Å². The van der Waals surface area contributed by atoms with Crippen molar-refractivity contribution >= 4 is 12.0 Å². The number of hydrogen-bond donors (Lipinski definition) is 1. The lowest BCUT2D eigenvalue weighted by Crippen LogP contribution is -2.41. The molecule has 0 spiro atoms. The van der Waals surface area contributed by atoms with E-state index in [0.717, 1.165) is 43.9 Å². The van der Waals surface area contributed by atoms with Gasteiger partial charge in [0.15, 0.2) is 0 Å². The molecular weight excluding hydrogens is 430 g/mol. The first-order valence-electron chi connectivity index (χ1n) is 12.3. The lowest BCUT2D eigenvalue weighted by molar-refractivity contribution is 0.0203. The van der Waals surface area contributed by atoms with Gasteiger partial charge in [-0.15, -0.1) is 0 Å². The monoisotopic (exact) mass is 469 g/mol. The maximum Gasteiger partial charge on any atom is 0.410 e. The molecule has 1 fully saturated rings. The van der Waals surface area contributed by atoms with E-state index in [1.807, 2.05) is 55.8 Å². The van der Waals surface area contributed by atoms with Crippen molar-refractivity contribution < 1.29 is 14.3 Å². The fraction of sp³-hybridized carbons (Fsp3) is 0.577. The maximum atomic E-state index is 13.2. The topological polar surface area (TPSA) is 79.7 Å². The molecule has 186 valence electrons. The van der Waals surface area contributed by atoms with Crippen LogP contribution >= 0.6 is 0 Å². The van der Waals surface area contributed by atoms with Gasteiger partial charge in [0.05, 0.1) is 23.1 Å². The summed E-state index contributed by atoms with van der Waals surface area (Å²) in [6.45, 7) is 14.4. The SMILES string of the molecule is CCN(CC)CCNC(=O)c1cnn(-c2ccccc2)c1C1CCN(C(=O)OC(C)(C)C)CC1. The predicted molar refractivity (Wildman–Crippen MR) is 133 cm³/mol. The van der Waals surface area contributed by atoms with Crippen molar-refractivity contribution in [2.45, 2.75) is 59.0 Å². The molecule has 2 amide bonds. The minimum atomic E-state index is -0.518. The number of ether oxygens (including phenoxy) is 1. The molecule has 1 aromatic carbocycles. The van der Waals surface area contributed by atoms with Gasteiger partial charge in [-0.05, 0) is 58.8 Å². The summed E-state index contributed by atoms with van der Waals surface area (Å²) >= 11 is 0. The average Bonchev–Trinajstić information content (AvgIpc) is 3.27. The zero-order chi connectivity index (χ0) is 24.7. The molecule has 1 N–H and O–H groups in total. The molecular formula is C26H39N5O3. The van der Waals surface area contributed by atoms with E-state index in [2.05, 4.69) is 29.2 Å². The van der Waals surface area contributed by atoms with Crippen LogP contribution in [0.3, 0.4) is 0 Å².